The quantitative estimate of drug-likeness (QED) is 0.646. The minimum Gasteiger partial charge on any atom is -0.480 e. The fourth-order valence-electron chi connectivity index (χ4n) is 2.06. The van der Waals surface area contributed by atoms with Crippen LogP contribution in [0.25, 0.3) is 0 Å². The number of amides is 1. The van der Waals surface area contributed by atoms with Crippen LogP contribution < -0.4 is 10.1 Å². The van der Waals surface area contributed by atoms with Crippen molar-refractivity contribution in [3.63, 3.8) is 0 Å². The molecule has 0 unspecified atom stereocenters. The number of hydrogen-bond donors (Lipinski definition) is 1. The maximum Gasteiger partial charge on any atom is 0.275 e. The van der Waals surface area contributed by atoms with Gasteiger partial charge in [-0.1, -0.05) is 23.4 Å². The third-order valence-electron chi connectivity index (χ3n) is 3.34. The molecule has 0 saturated carbocycles. The Kier molecular flexibility index (Phi) is 5.69. The monoisotopic (exact) mass is 390 g/mol. The Hall–Kier alpha value is -2.65. The van der Waals surface area contributed by atoms with Crippen molar-refractivity contribution in [2.45, 2.75) is 10.9 Å². The van der Waals surface area contributed by atoms with Crippen LogP contribution in [-0.2, 0) is 12.8 Å². The van der Waals surface area contributed by atoms with E-state index in [9.17, 15) is 4.79 Å². The van der Waals surface area contributed by atoms with Crippen molar-refractivity contribution in [3.8, 4) is 5.88 Å². The SMILES string of the molecule is COc1nc(C(=O)Nc2cc(CSc3nncn3C)ccn2)ccc1Cl. The van der Waals surface area contributed by atoms with Gasteiger partial charge in [0.25, 0.3) is 5.91 Å². The molecule has 0 spiro atoms. The molecule has 1 amide bonds. The molecule has 3 aromatic rings. The van der Waals surface area contributed by atoms with Gasteiger partial charge in [-0.25, -0.2) is 9.97 Å². The highest BCUT2D eigenvalue weighted by atomic mass is 35.5. The second-order valence-corrected chi connectivity index (χ2v) is 6.55. The first-order valence-corrected chi connectivity index (χ1v) is 8.87. The molecule has 26 heavy (non-hydrogen) atoms. The number of carbonyl (C=O) groups excluding carboxylic acids is 1. The summed E-state index contributed by atoms with van der Waals surface area (Å²) < 4.78 is 6.87. The molecule has 8 nitrogen and oxygen atoms in total. The third-order valence-corrected chi connectivity index (χ3v) is 4.74. The van der Waals surface area contributed by atoms with Gasteiger partial charge in [0.05, 0.1) is 7.11 Å². The second-order valence-electron chi connectivity index (χ2n) is 5.20. The summed E-state index contributed by atoms with van der Waals surface area (Å²) in [6.07, 6.45) is 3.28. The van der Waals surface area contributed by atoms with Crippen LogP contribution in [0, 0.1) is 0 Å². The van der Waals surface area contributed by atoms with E-state index in [1.165, 1.54) is 13.2 Å². The largest absolute Gasteiger partial charge is 0.480 e. The van der Waals surface area contributed by atoms with Crippen LogP contribution in [0.3, 0.4) is 0 Å². The first-order chi connectivity index (χ1) is 12.6. The van der Waals surface area contributed by atoms with Crippen LogP contribution in [0.4, 0.5) is 5.82 Å². The maximum absolute atomic E-state index is 12.4. The number of pyridine rings is 2. The number of methoxy groups -OCH3 is 1. The van der Waals surface area contributed by atoms with Crippen LogP contribution >= 0.6 is 23.4 Å². The van der Waals surface area contributed by atoms with E-state index in [1.807, 2.05) is 17.7 Å². The fourth-order valence-corrected chi connectivity index (χ4v) is 3.07. The maximum atomic E-state index is 12.4. The molecule has 0 saturated heterocycles. The number of aryl methyl sites for hydroxylation is 1. The number of halogens is 1. The predicted molar refractivity (Wildman–Crippen MR) is 98.6 cm³/mol. The molecule has 3 heterocycles. The highest BCUT2D eigenvalue weighted by Crippen LogP contribution is 2.23. The van der Waals surface area contributed by atoms with E-state index in [0.29, 0.717) is 16.6 Å². The van der Waals surface area contributed by atoms with Crippen molar-refractivity contribution in [1.82, 2.24) is 24.7 Å². The van der Waals surface area contributed by atoms with Gasteiger partial charge in [0, 0.05) is 19.0 Å². The molecule has 1 N–H and O–H groups in total. The average molecular weight is 391 g/mol. The molecule has 0 aliphatic heterocycles. The number of aromatic nitrogens is 5. The number of anilines is 1. The van der Waals surface area contributed by atoms with Gasteiger partial charge in [-0.3, -0.25) is 4.79 Å². The summed E-state index contributed by atoms with van der Waals surface area (Å²) in [6, 6.07) is 6.76. The topological polar surface area (TPSA) is 94.8 Å². The number of nitrogens with zero attached hydrogens (tertiary/aromatic N) is 5. The third kappa shape index (κ3) is 4.30. The molecule has 0 atom stereocenters. The van der Waals surface area contributed by atoms with Gasteiger partial charge in [0.15, 0.2) is 5.16 Å². The Bertz CT molecular complexity index is 933. The van der Waals surface area contributed by atoms with Gasteiger partial charge in [0.2, 0.25) is 5.88 Å². The molecular formula is C16H15ClN6O2S. The van der Waals surface area contributed by atoms with E-state index in [-0.39, 0.29) is 11.6 Å². The van der Waals surface area contributed by atoms with Gasteiger partial charge in [-0.15, -0.1) is 10.2 Å². The predicted octanol–water partition coefficient (Wildman–Crippen LogP) is 2.81. The summed E-state index contributed by atoms with van der Waals surface area (Å²) in [5.74, 6) is 0.902. The zero-order valence-electron chi connectivity index (χ0n) is 14.0. The standard InChI is InChI=1S/C16H15ClN6O2S/c1-23-9-19-22-16(23)26-8-10-5-6-18-13(7-10)21-14(24)12-4-3-11(17)15(20-12)25-2/h3-7,9H,8H2,1-2H3,(H,18,21,24). The lowest BCUT2D eigenvalue weighted by Crippen LogP contribution is -2.15. The van der Waals surface area contributed by atoms with Crippen LogP contribution in [0.5, 0.6) is 5.88 Å². The van der Waals surface area contributed by atoms with E-state index in [4.69, 9.17) is 16.3 Å². The molecule has 0 radical (unpaired) electrons. The zero-order valence-corrected chi connectivity index (χ0v) is 15.6. The number of nitrogens with one attached hydrogen (secondary N) is 1. The van der Waals surface area contributed by atoms with Gasteiger partial charge >= 0.3 is 0 Å². The molecule has 0 fully saturated rings. The average Bonchev–Trinajstić information content (AvgIpc) is 3.05. The minimum absolute atomic E-state index is 0.187. The number of thioether (sulfide) groups is 1. The molecule has 0 bridgehead atoms. The highest BCUT2D eigenvalue weighted by Gasteiger charge is 2.12. The summed E-state index contributed by atoms with van der Waals surface area (Å²) in [7, 11) is 3.32. The lowest BCUT2D eigenvalue weighted by atomic mass is 10.3. The van der Waals surface area contributed by atoms with E-state index in [1.54, 1.807) is 36.4 Å². The first kappa shape index (κ1) is 18.2. The fraction of sp³-hybridized carbons (Fsp3) is 0.188. The molecule has 134 valence electrons. The van der Waals surface area contributed by atoms with Crippen LogP contribution in [-0.4, -0.2) is 37.7 Å². The van der Waals surface area contributed by atoms with Gasteiger partial charge in [-0.2, -0.15) is 0 Å². The summed E-state index contributed by atoms with van der Waals surface area (Å²) in [4.78, 5) is 20.6. The minimum atomic E-state index is -0.398. The van der Waals surface area contributed by atoms with Crippen molar-refractivity contribution in [3.05, 3.63) is 53.1 Å². The number of ether oxygens (including phenoxy) is 1. The summed E-state index contributed by atoms with van der Waals surface area (Å²) in [5, 5.41) is 11.7. The van der Waals surface area contributed by atoms with Crippen molar-refractivity contribution in [2.75, 3.05) is 12.4 Å². The van der Waals surface area contributed by atoms with Crippen molar-refractivity contribution >= 4 is 35.1 Å². The Morgan fingerprint density at radius 2 is 2.23 bits per heavy atom. The van der Waals surface area contributed by atoms with Crippen LogP contribution in [0.2, 0.25) is 5.02 Å². The molecule has 3 aromatic heterocycles. The van der Waals surface area contributed by atoms with Gasteiger partial charge in [0.1, 0.15) is 22.9 Å². The van der Waals surface area contributed by atoms with Crippen molar-refractivity contribution in [2.24, 2.45) is 7.05 Å². The lowest BCUT2D eigenvalue weighted by Gasteiger charge is -2.08. The molecule has 0 aliphatic rings. The molecule has 0 aliphatic carbocycles. The van der Waals surface area contributed by atoms with Gasteiger partial charge in [-0.05, 0) is 29.8 Å². The Balaban J connectivity index is 1.68. The van der Waals surface area contributed by atoms with Gasteiger partial charge < -0.3 is 14.6 Å². The molecule has 3 rings (SSSR count). The van der Waals surface area contributed by atoms with Crippen molar-refractivity contribution < 1.29 is 9.53 Å². The van der Waals surface area contributed by atoms with E-state index >= 15 is 0 Å². The molecular weight excluding hydrogens is 376 g/mol. The van der Waals surface area contributed by atoms with E-state index < -0.39 is 5.91 Å². The Morgan fingerprint density at radius 3 is 2.96 bits per heavy atom. The normalized spacial score (nSPS) is 10.6. The Morgan fingerprint density at radius 1 is 1.38 bits per heavy atom. The number of hydrogen-bond acceptors (Lipinski definition) is 7. The number of rotatable bonds is 6. The molecule has 10 heteroatoms. The van der Waals surface area contributed by atoms with Crippen LogP contribution in [0.1, 0.15) is 16.1 Å². The van der Waals surface area contributed by atoms with E-state index in [0.717, 1.165) is 10.7 Å². The second kappa shape index (κ2) is 8.15. The Labute approximate surface area is 159 Å². The van der Waals surface area contributed by atoms with E-state index in [2.05, 4.69) is 25.5 Å². The van der Waals surface area contributed by atoms with Crippen molar-refractivity contribution in [1.29, 1.82) is 0 Å². The molecule has 0 aromatic carbocycles. The highest BCUT2D eigenvalue weighted by molar-refractivity contribution is 7.98. The zero-order chi connectivity index (χ0) is 18.5. The summed E-state index contributed by atoms with van der Waals surface area (Å²) in [5.41, 5.74) is 1.18. The smallest absolute Gasteiger partial charge is 0.275 e. The lowest BCUT2D eigenvalue weighted by molar-refractivity contribution is 0.102. The van der Waals surface area contributed by atoms with Crippen LogP contribution in [0.15, 0.2) is 41.9 Å². The summed E-state index contributed by atoms with van der Waals surface area (Å²) >= 11 is 7.47. The summed E-state index contributed by atoms with van der Waals surface area (Å²) in [6.45, 7) is 0. The number of carbonyl (C=O) groups is 1. The first-order valence-electron chi connectivity index (χ1n) is 7.50.